The number of aryl methyl sites for hydroxylation is 2. The van der Waals surface area contributed by atoms with Gasteiger partial charge in [0.25, 0.3) is 5.91 Å². The van der Waals surface area contributed by atoms with Crippen LogP contribution in [-0.2, 0) is 11.4 Å². The summed E-state index contributed by atoms with van der Waals surface area (Å²) in [6.45, 7) is 4.14. The summed E-state index contributed by atoms with van der Waals surface area (Å²) in [4.78, 5) is 28.0. The van der Waals surface area contributed by atoms with Crippen molar-refractivity contribution in [2.45, 2.75) is 45.3 Å². The molecule has 1 heterocycles. The lowest BCUT2D eigenvalue weighted by atomic mass is 9.76. The van der Waals surface area contributed by atoms with Gasteiger partial charge in [0.15, 0.2) is 0 Å². The Balaban J connectivity index is 1.74. The first-order valence-electron chi connectivity index (χ1n) is 8.60. The number of benzene rings is 1. The first kappa shape index (κ1) is 17.9. The van der Waals surface area contributed by atoms with E-state index in [2.05, 4.69) is 10.3 Å². The Hall–Kier alpha value is -2.89. The smallest absolute Gasteiger partial charge is 0.329 e. The zero-order valence-electron chi connectivity index (χ0n) is 14.9. The van der Waals surface area contributed by atoms with E-state index in [1.54, 1.807) is 24.5 Å². The van der Waals surface area contributed by atoms with Crippen LogP contribution in [0.2, 0.25) is 0 Å². The van der Waals surface area contributed by atoms with Crippen LogP contribution in [0.3, 0.4) is 0 Å². The van der Waals surface area contributed by atoms with E-state index in [0.717, 1.165) is 28.9 Å². The minimum atomic E-state index is -1.12. The molecule has 0 aliphatic heterocycles. The number of ether oxygens (including phenoxy) is 1. The fourth-order valence-corrected chi connectivity index (χ4v) is 3.16. The number of carboxylic acids is 1. The molecule has 1 amide bonds. The van der Waals surface area contributed by atoms with Gasteiger partial charge in [-0.1, -0.05) is 6.07 Å². The van der Waals surface area contributed by atoms with E-state index in [0.29, 0.717) is 25.0 Å². The number of rotatable bonds is 6. The summed E-state index contributed by atoms with van der Waals surface area (Å²) in [6.07, 6.45) is 5.21. The van der Waals surface area contributed by atoms with Crippen LogP contribution in [0.15, 0.2) is 36.7 Å². The normalized spacial score (nSPS) is 15.0. The van der Waals surface area contributed by atoms with Crippen molar-refractivity contribution in [2.75, 3.05) is 0 Å². The number of nitrogens with one attached hydrogen (secondary N) is 1. The van der Waals surface area contributed by atoms with Crippen molar-refractivity contribution in [2.24, 2.45) is 0 Å². The number of hydrogen-bond donors (Lipinski definition) is 2. The van der Waals surface area contributed by atoms with Gasteiger partial charge in [-0.05, 0) is 62.4 Å². The van der Waals surface area contributed by atoms with Crippen LogP contribution in [0.4, 0.5) is 0 Å². The second-order valence-electron chi connectivity index (χ2n) is 6.78. The van der Waals surface area contributed by atoms with Gasteiger partial charge in [-0.3, -0.25) is 9.78 Å². The minimum absolute atomic E-state index is 0.364. The maximum Gasteiger partial charge on any atom is 0.329 e. The molecule has 1 fully saturated rings. The van der Waals surface area contributed by atoms with Gasteiger partial charge < -0.3 is 15.2 Å². The molecule has 0 bridgehead atoms. The first-order chi connectivity index (χ1) is 12.4. The van der Waals surface area contributed by atoms with Crippen molar-refractivity contribution >= 4 is 11.9 Å². The number of pyridine rings is 1. The molecule has 2 aromatic rings. The van der Waals surface area contributed by atoms with Crippen LogP contribution in [0.25, 0.3) is 0 Å². The van der Waals surface area contributed by atoms with Gasteiger partial charge in [0.2, 0.25) is 0 Å². The minimum Gasteiger partial charge on any atom is -0.488 e. The molecule has 1 aromatic carbocycles. The summed E-state index contributed by atoms with van der Waals surface area (Å²) in [6, 6.07) is 7.25. The summed E-state index contributed by atoms with van der Waals surface area (Å²) in [5, 5.41) is 12.1. The fraction of sp³-hybridized carbons (Fsp3) is 0.350. The lowest BCUT2D eigenvalue weighted by Crippen LogP contribution is -2.59. The average molecular weight is 354 g/mol. The topological polar surface area (TPSA) is 88.5 Å². The number of carbonyl (C=O) groups is 2. The van der Waals surface area contributed by atoms with E-state index in [1.807, 2.05) is 26.0 Å². The van der Waals surface area contributed by atoms with Crippen molar-refractivity contribution in [3.63, 3.8) is 0 Å². The van der Waals surface area contributed by atoms with Gasteiger partial charge >= 0.3 is 5.97 Å². The number of carbonyl (C=O) groups excluding carboxylic acids is 1. The van der Waals surface area contributed by atoms with Crippen LogP contribution in [0.5, 0.6) is 5.75 Å². The molecule has 26 heavy (non-hydrogen) atoms. The molecule has 3 rings (SSSR count). The van der Waals surface area contributed by atoms with E-state index in [9.17, 15) is 14.7 Å². The van der Waals surface area contributed by atoms with Crippen molar-refractivity contribution in [1.29, 1.82) is 0 Å². The number of aliphatic carboxylic acids is 1. The standard InChI is InChI=1S/C20H22N2O4/c1-13-9-16(18(23)22-20(19(24)25)6-4-7-20)10-14(2)17(13)26-12-15-5-3-8-21-11-15/h3,5,8-11H,4,6-7,12H2,1-2H3,(H,22,23)(H,24,25). The summed E-state index contributed by atoms with van der Waals surface area (Å²) in [7, 11) is 0. The van der Waals surface area contributed by atoms with Crippen LogP contribution in [0, 0.1) is 13.8 Å². The number of amides is 1. The molecule has 6 heteroatoms. The summed E-state index contributed by atoms with van der Waals surface area (Å²) < 4.78 is 5.89. The highest BCUT2D eigenvalue weighted by Crippen LogP contribution is 2.33. The molecule has 1 aliphatic rings. The maximum atomic E-state index is 12.5. The quantitative estimate of drug-likeness (QED) is 0.832. The Morgan fingerprint density at radius 1 is 1.27 bits per heavy atom. The van der Waals surface area contributed by atoms with Crippen LogP contribution in [-0.4, -0.2) is 27.5 Å². The third-order valence-electron chi connectivity index (χ3n) is 4.80. The van der Waals surface area contributed by atoms with Gasteiger partial charge in [-0.25, -0.2) is 4.79 Å². The van der Waals surface area contributed by atoms with Crippen molar-refractivity contribution < 1.29 is 19.4 Å². The van der Waals surface area contributed by atoms with Crippen LogP contribution in [0.1, 0.15) is 46.3 Å². The molecule has 2 N–H and O–H groups in total. The Kier molecular flexibility index (Phi) is 4.93. The van der Waals surface area contributed by atoms with E-state index in [1.165, 1.54) is 0 Å². The Morgan fingerprint density at radius 2 is 1.96 bits per heavy atom. The van der Waals surface area contributed by atoms with Crippen molar-refractivity contribution in [1.82, 2.24) is 10.3 Å². The van der Waals surface area contributed by atoms with E-state index in [-0.39, 0.29) is 5.91 Å². The SMILES string of the molecule is Cc1cc(C(=O)NC2(C(=O)O)CCC2)cc(C)c1OCc1cccnc1. The molecule has 1 aromatic heterocycles. The van der Waals surface area contributed by atoms with Gasteiger partial charge in [0.1, 0.15) is 17.9 Å². The van der Waals surface area contributed by atoms with Crippen LogP contribution < -0.4 is 10.1 Å². The second kappa shape index (κ2) is 7.15. The lowest BCUT2D eigenvalue weighted by Gasteiger charge is -2.38. The lowest BCUT2D eigenvalue weighted by molar-refractivity contribution is -0.148. The molecule has 0 atom stereocenters. The molecule has 0 spiro atoms. The highest BCUT2D eigenvalue weighted by atomic mass is 16.5. The number of nitrogens with zero attached hydrogens (tertiary/aromatic N) is 1. The molecular formula is C20H22N2O4. The highest BCUT2D eigenvalue weighted by molar-refractivity contribution is 5.98. The van der Waals surface area contributed by atoms with Gasteiger partial charge in [-0.15, -0.1) is 0 Å². The predicted molar refractivity (Wildman–Crippen MR) is 96.2 cm³/mol. The molecule has 1 saturated carbocycles. The third kappa shape index (κ3) is 3.54. The van der Waals surface area contributed by atoms with Crippen LogP contribution >= 0.6 is 0 Å². The predicted octanol–water partition coefficient (Wildman–Crippen LogP) is 3.01. The third-order valence-corrected chi connectivity index (χ3v) is 4.80. The molecule has 136 valence electrons. The molecule has 1 aliphatic carbocycles. The number of carboxylic acid groups (broad SMARTS) is 1. The fourth-order valence-electron chi connectivity index (χ4n) is 3.16. The van der Waals surface area contributed by atoms with Crippen molar-refractivity contribution in [3.8, 4) is 5.75 Å². The summed E-state index contributed by atoms with van der Waals surface area (Å²) in [5.74, 6) is -0.610. The zero-order valence-corrected chi connectivity index (χ0v) is 14.9. The van der Waals surface area contributed by atoms with Gasteiger partial charge in [-0.2, -0.15) is 0 Å². The second-order valence-corrected chi connectivity index (χ2v) is 6.78. The van der Waals surface area contributed by atoms with E-state index < -0.39 is 11.5 Å². The molecular weight excluding hydrogens is 332 g/mol. The number of hydrogen-bond acceptors (Lipinski definition) is 4. The van der Waals surface area contributed by atoms with Gasteiger partial charge in [0.05, 0.1) is 0 Å². The summed E-state index contributed by atoms with van der Waals surface area (Å²) >= 11 is 0. The molecule has 0 saturated heterocycles. The number of aromatic nitrogens is 1. The van der Waals surface area contributed by atoms with Crippen molar-refractivity contribution in [3.05, 3.63) is 58.9 Å². The van der Waals surface area contributed by atoms with Gasteiger partial charge in [0, 0.05) is 23.5 Å². The average Bonchev–Trinajstić information content (AvgIpc) is 2.57. The zero-order chi connectivity index (χ0) is 18.7. The largest absolute Gasteiger partial charge is 0.488 e. The Morgan fingerprint density at radius 3 is 2.46 bits per heavy atom. The molecule has 6 nitrogen and oxygen atoms in total. The molecule has 0 unspecified atom stereocenters. The monoisotopic (exact) mass is 354 g/mol. The first-order valence-corrected chi connectivity index (χ1v) is 8.60. The molecule has 0 radical (unpaired) electrons. The Labute approximate surface area is 152 Å². The Bertz CT molecular complexity index is 806. The van der Waals surface area contributed by atoms with E-state index >= 15 is 0 Å². The summed E-state index contributed by atoms with van der Waals surface area (Å²) in [5.41, 5.74) is 1.95. The maximum absolute atomic E-state index is 12.5. The van der Waals surface area contributed by atoms with E-state index in [4.69, 9.17) is 4.74 Å². The highest BCUT2D eigenvalue weighted by Gasteiger charge is 2.45.